The number of nitrogens with one attached hydrogen (secondary N) is 4. The monoisotopic (exact) mass is 949 g/mol. The summed E-state index contributed by atoms with van der Waals surface area (Å²) in [7, 11) is 0. The number of aliphatic carboxylic acids is 1. The normalized spacial score (nSPS) is 16.8. The third kappa shape index (κ3) is 16.1. The van der Waals surface area contributed by atoms with Gasteiger partial charge in [-0.05, 0) is 131 Å². The van der Waals surface area contributed by atoms with Gasteiger partial charge in [0.15, 0.2) is 0 Å². The van der Waals surface area contributed by atoms with Gasteiger partial charge < -0.3 is 40.3 Å². The van der Waals surface area contributed by atoms with Crippen molar-refractivity contribution in [1.29, 1.82) is 0 Å². The highest BCUT2D eigenvalue weighted by Crippen LogP contribution is 2.29. The van der Waals surface area contributed by atoms with Crippen LogP contribution in [0.1, 0.15) is 83.1 Å². The van der Waals surface area contributed by atoms with Crippen molar-refractivity contribution in [3.63, 3.8) is 0 Å². The van der Waals surface area contributed by atoms with Gasteiger partial charge in [0.1, 0.15) is 17.2 Å². The lowest BCUT2D eigenvalue weighted by molar-refractivity contribution is -0.192. The summed E-state index contributed by atoms with van der Waals surface area (Å²) in [6.07, 6.45) is -2.84. The number of alkyl halides is 3. The number of carbonyl (C=O) groups is 6. The Morgan fingerprint density at radius 3 is 1.79 bits per heavy atom. The number of hydrogen-bond acceptors (Lipinski definition) is 11. The zero-order valence-corrected chi connectivity index (χ0v) is 38.8. The van der Waals surface area contributed by atoms with Gasteiger partial charge in [0.05, 0.1) is 0 Å². The molecule has 1 aliphatic carbocycles. The van der Waals surface area contributed by atoms with Crippen molar-refractivity contribution >= 4 is 41.6 Å². The second-order valence-electron chi connectivity index (χ2n) is 18.5. The van der Waals surface area contributed by atoms with Crippen molar-refractivity contribution in [1.82, 2.24) is 41.1 Å². The van der Waals surface area contributed by atoms with Crippen LogP contribution < -0.4 is 16.0 Å². The lowest BCUT2D eigenvalue weighted by Crippen LogP contribution is -2.51. The maximum Gasteiger partial charge on any atom is 0.490 e. The number of anilines is 1. The molecule has 0 unspecified atom stereocenters. The molecule has 1 saturated heterocycles. The molecule has 2 fully saturated rings. The first-order valence-electron chi connectivity index (χ1n) is 22.1. The number of H-pyrrole nitrogens is 1. The summed E-state index contributed by atoms with van der Waals surface area (Å²) in [5.74, 6) is -2.99. The summed E-state index contributed by atoms with van der Waals surface area (Å²) in [6, 6.07) is 21.4. The Labute approximate surface area is 391 Å². The number of aromatic amines is 1. The average molecular weight is 950 g/mol. The largest absolute Gasteiger partial charge is 0.490 e. The van der Waals surface area contributed by atoms with E-state index in [1.165, 1.54) is 0 Å². The van der Waals surface area contributed by atoms with E-state index in [4.69, 9.17) is 19.4 Å². The summed E-state index contributed by atoms with van der Waals surface area (Å²) in [6.45, 7) is 13.1. The van der Waals surface area contributed by atoms with E-state index in [2.05, 4.69) is 36.6 Å². The maximum atomic E-state index is 13.9. The van der Waals surface area contributed by atoms with Gasteiger partial charge in [-0.25, -0.2) is 14.4 Å². The molecule has 0 spiro atoms. The molecule has 5 amide bonds. The molecule has 2 aliphatic rings. The summed E-state index contributed by atoms with van der Waals surface area (Å²) in [5.41, 5.74) is 3.38. The van der Waals surface area contributed by atoms with E-state index >= 15 is 0 Å². The zero-order valence-electron chi connectivity index (χ0n) is 38.8. The number of carbonyl (C=O) groups excluding carboxylic acids is 5. The molecule has 1 aliphatic heterocycles. The molecule has 4 aromatic rings. The Balaban J connectivity index is 0.00000114. The van der Waals surface area contributed by atoms with Crippen LogP contribution in [-0.2, 0) is 30.3 Å². The van der Waals surface area contributed by atoms with E-state index in [-0.39, 0.29) is 42.1 Å². The number of ether oxygens (including phenoxy) is 2. The molecule has 0 bridgehead atoms. The number of benzene rings is 3. The van der Waals surface area contributed by atoms with Gasteiger partial charge in [0, 0.05) is 61.9 Å². The maximum absolute atomic E-state index is 13.9. The molecule has 21 heteroatoms. The zero-order chi connectivity index (χ0) is 49.8. The molecule has 1 aromatic heterocycles. The van der Waals surface area contributed by atoms with Gasteiger partial charge in [-0.15, -0.1) is 10.2 Å². The van der Waals surface area contributed by atoms with E-state index in [1.54, 1.807) is 34.1 Å². The number of carboxylic acid groups (broad SMARTS) is 1. The highest BCUT2D eigenvalue weighted by Gasteiger charge is 2.38. The van der Waals surface area contributed by atoms with Crippen LogP contribution in [0.3, 0.4) is 0 Å². The minimum atomic E-state index is -5.08. The van der Waals surface area contributed by atoms with Crippen molar-refractivity contribution in [3.05, 3.63) is 83.9 Å². The number of amides is 5. The minimum absolute atomic E-state index is 0.0942. The smallest absolute Gasteiger partial charge is 0.475 e. The molecule has 18 nitrogen and oxygen atoms in total. The lowest BCUT2D eigenvalue weighted by Gasteiger charge is -2.35. The Bertz CT molecular complexity index is 2330. The second-order valence-corrected chi connectivity index (χ2v) is 18.5. The van der Waals surface area contributed by atoms with Gasteiger partial charge >= 0.3 is 24.3 Å². The van der Waals surface area contributed by atoms with Crippen LogP contribution in [0, 0.1) is 11.8 Å². The number of alkyl carbamates (subject to hydrolysis) is 1. The SMILES string of the molecule is CC(C)(C)OC(=O)NCC1CCC(C(=O)N[C@@H](Cc2ccc(-c3ccc(C(=O)N4CCN(C(=O)OC(C)(C)C)CC4)cc3)cc2)C(=O)Nc2ccc(-c3nn[nH]n3)cc2)CC1.O=C(O)C(F)(F)F. The second kappa shape index (κ2) is 22.6. The topological polar surface area (TPSA) is 238 Å². The van der Waals surface area contributed by atoms with Crippen molar-refractivity contribution in [2.24, 2.45) is 11.8 Å². The van der Waals surface area contributed by atoms with Gasteiger partial charge in [0.2, 0.25) is 17.6 Å². The molecular weight excluding hydrogens is 892 g/mol. The van der Waals surface area contributed by atoms with E-state index in [0.29, 0.717) is 62.6 Å². The summed E-state index contributed by atoms with van der Waals surface area (Å²) < 4.78 is 42.6. The number of carboxylic acids is 1. The molecule has 1 saturated carbocycles. The van der Waals surface area contributed by atoms with Crippen molar-refractivity contribution in [2.75, 3.05) is 38.0 Å². The van der Waals surface area contributed by atoms with E-state index in [1.807, 2.05) is 90.1 Å². The fraction of sp³-hybridized carbons (Fsp3) is 0.468. The number of tetrazole rings is 1. The predicted molar refractivity (Wildman–Crippen MR) is 243 cm³/mol. The van der Waals surface area contributed by atoms with Crippen LogP contribution in [0.15, 0.2) is 72.8 Å². The van der Waals surface area contributed by atoms with Crippen LogP contribution >= 0.6 is 0 Å². The Morgan fingerprint density at radius 2 is 1.28 bits per heavy atom. The fourth-order valence-electron chi connectivity index (χ4n) is 7.36. The number of rotatable bonds is 11. The third-order valence-electron chi connectivity index (χ3n) is 10.9. The molecular formula is C47H58F3N9O9. The van der Waals surface area contributed by atoms with Crippen molar-refractivity contribution in [2.45, 2.75) is 97.1 Å². The van der Waals surface area contributed by atoms with Gasteiger partial charge in [-0.2, -0.15) is 18.4 Å². The summed E-state index contributed by atoms with van der Waals surface area (Å²) in [4.78, 5) is 77.8. The Hall–Kier alpha value is -7.06. The van der Waals surface area contributed by atoms with Gasteiger partial charge in [-0.1, -0.05) is 36.4 Å². The first-order valence-corrected chi connectivity index (χ1v) is 22.1. The third-order valence-corrected chi connectivity index (χ3v) is 10.9. The van der Waals surface area contributed by atoms with Gasteiger partial charge in [-0.3, -0.25) is 14.4 Å². The first kappa shape index (κ1) is 51.9. The highest BCUT2D eigenvalue weighted by molar-refractivity contribution is 5.98. The number of piperazine rings is 1. The lowest BCUT2D eigenvalue weighted by atomic mass is 9.81. The van der Waals surface area contributed by atoms with Crippen LogP contribution in [0.2, 0.25) is 0 Å². The summed E-state index contributed by atoms with van der Waals surface area (Å²) in [5, 5.41) is 30.0. The van der Waals surface area contributed by atoms with E-state index in [0.717, 1.165) is 35.1 Å². The molecule has 2 heterocycles. The molecule has 68 heavy (non-hydrogen) atoms. The van der Waals surface area contributed by atoms with Crippen molar-refractivity contribution in [3.8, 4) is 22.5 Å². The van der Waals surface area contributed by atoms with Gasteiger partial charge in [0.25, 0.3) is 5.91 Å². The van der Waals surface area contributed by atoms with E-state index in [9.17, 15) is 37.1 Å². The molecule has 3 aromatic carbocycles. The van der Waals surface area contributed by atoms with Crippen molar-refractivity contribution < 1.29 is 56.5 Å². The molecule has 0 radical (unpaired) electrons. The van der Waals surface area contributed by atoms with Crippen LogP contribution in [-0.4, -0.2) is 128 Å². The first-order chi connectivity index (χ1) is 31.9. The molecule has 5 N–H and O–H groups in total. The van der Waals surface area contributed by atoms with Crippen LogP contribution in [0.25, 0.3) is 22.5 Å². The van der Waals surface area contributed by atoms with Crippen LogP contribution in [0.4, 0.5) is 28.4 Å². The minimum Gasteiger partial charge on any atom is -0.475 e. The highest BCUT2D eigenvalue weighted by atomic mass is 19.4. The summed E-state index contributed by atoms with van der Waals surface area (Å²) >= 11 is 0. The van der Waals surface area contributed by atoms with Crippen LogP contribution in [0.5, 0.6) is 0 Å². The predicted octanol–water partition coefficient (Wildman–Crippen LogP) is 6.86. The number of halogens is 3. The fourth-order valence-corrected chi connectivity index (χ4v) is 7.36. The number of nitrogens with zero attached hydrogens (tertiary/aromatic N) is 5. The van der Waals surface area contributed by atoms with E-state index < -0.39 is 35.5 Å². The quantitative estimate of drug-likeness (QED) is 0.104. The molecule has 366 valence electrons. The number of aromatic nitrogens is 4. The Morgan fingerprint density at radius 1 is 0.750 bits per heavy atom. The Kier molecular flexibility index (Phi) is 17.3. The molecule has 1 atom stereocenters. The number of hydrogen-bond donors (Lipinski definition) is 5. The standard InChI is InChI=1S/C45H57N9O7.C2HF3O2/c1-44(2,3)60-42(58)46-28-30-9-13-34(14-10-30)39(55)48-37(40(56)47-36-21-19-33(20-22-36)38-49-51-52-50-38)27-29-7-11-31(12-8-29)32-15-17-35(18-16-32)41(57)53-23-25-54(26-24-53)43(59)61-45(4,5)6;3-2(4,5)1(6)7/h7-8,11-12,15-22,30,34,37H,9-10,13-14,23-28H2,1-6H3,(H,46,58)(H,47,56)(H,48,55)(H,49,50,51,52);(H,6,7)/t30?,34?,37-;/m0./s1. The molecule has 6 rings (SSSR count). The average Bonchev–Trinajstić information content (AvgIpc) is 3.83.